The monoisotopic (exact) mass is 612 g/mol. The molecule has 29 heavy (non-hydrogen) atoms. The van der Waals surface area contributed by atoms with Crippen LogP contribution < -0.4 is 5.32 Å². The Morgan fingerprint density at radius 1 is 1.21 bits per heavy atom. The van der Waals surface area contributed by atoms with Crippen LogP contribution in [-0.4, -0.2) is 30.5 Å². The molecule has 0 aliphatic carbocycles. The summed E-state index contributed by atoms with van der Waals surface area (Å²) >= 11 is 0. The smallest absolute Gasteiger partial charge is 0.451 e. The first-order chi connectivity index (χ1) is 13.5. The largest absolute Gasteiger partial charge is 2.00 e. The molecule has 1 N–H and O–H groups in total. The van der Waals surface area contributed by atoms with E-state index in [0.29, 0.717) is 22.8 Å². The molecule has 0 spiro atoms. The minimum Gasteiger partial charge on any atom is -0.451 e. The van der Waals surface area contributed by atoms with Crippen LogP contribution in [-0.2, 0) is 7.05 Å². The third-order valence-corrected chi connectivity index (χ3v) is 4.08. The van der Waals surface area contributed by atoms with E-state index in [-0.39, 0.29) is 42.9 Å². The molecule has 0 fully saturated rings. The van der Waals surface area contributed by atoms with Crippen molar-refractivity contribution in [3.8, 4) is 22.7 Å². The van der Waals surface area contributed by atoms with Crippen LogP contribution in [0.1, 0.15) is 16.6 Å². The Morgan fingerprint density at radius 2 is 2.03 bits per heavy atom. The summed E-state index contributed by atoms with van der Waals surface area (Å²) in [7, 11) is 1.81. The minimum absolute atomic E-state index is 0. The van der Waals surface area contributed by atoms with Gasteiger partial charge in [0.05, 0.1) is 23.1 Å². The van der Waals surface area contributed by atoms with E-state index in [0.717, 1.165) is 5.56 Å². The maximum absolute atomic E-state index is 12.7. The zero-order valence-corrected chi connectivity index (χ0v) is 19.9. The minimum atomic E-state index is -0.392. The van der Waals surface area contributed by atoms with E-state index in [4.69, 9.17) is 4.42 Å². The first-order valence-corrected chi connectivity index (χ1v) is 8.58. The van der Waals surface area contributed by atoms with Crippen molar-refractivity contribution in [3.63, 3.8) is 0 Å². The van der Waals surface area contributed by atoms with Gasteiger partial charge in [0.1, 0.15) is 11.5 Å². The maximum atomic E-state index is 12.7. The molecule has 0 saturated heterocycles. The van der Waals surface area contributed by atoms with Gasteiger partial charge in [0.15, 0.2) is 5.76 Å². The second-order valence-corrected chi connectivity index (χ2v) is 6.26. The average Bonchev–Trinajstić information content (AvgIpc) is 3.41. The summed E-state index contributed by atoms with van der Waals surface area (Å²) in [5, 5.41) is 11.4. The van der Waals surface area contributed by atoms with Crippen molar-refractivity contribution in [2.75, 3.05) is 5.32 Å². The number of aromatic nitrogens is 5. The van der Waals surface area contributed by atoms with Gasteiger partial charge in [-0.1, -0.05) is 6.07 Å². The molecule has 4 rings (SSSR count). The summed E-state index contributed by atoms with van der Waals surface area (Å²) < 4.78 is 8.92. The summed E-state index contributed by atoms with van der Waals surface area (Å²) in [6, 6.07) is 8.48. The van der Waals surface area contributed by atoms with Gasteiger partial charge in [-0.25, -0.2) is 6.04 Å². The normalized spacial score (nSPS) is 10.8. The fraction of sp³-hybridized carbons (Fsp3) is 0.100. The van der Waals surface area contributed by atoms with Crippen molar-refractivity contribution in [2.24, 2.45) is 7.05 Å². The number of nitrogens with one attached hydrogen (secondary N) is 1. The average molecular weight is 612 g/mol. The van der Waals surface area contributed by atoms with Crippen LogP contribution in [0.15, 0.2) is 59.5 Å². The number of hydrogen-bond acceptors (Lipinski definition) is 5. The summed E-state index contributed by atoms with van der Waals surface area (Å²) in [5.74, 6) is 0.352. The van der Waals surface area contributed by atoms with E-state index in [9.17, 15) is 4.79 Å². The van der Waals surface area contributed by atoms with Crippen LogP contribution in [0.25, 0.3) is 22.7 Å². The Kier molecular flexibility index (Phi) is 6.40. The molecule has 144 valence electrons. The summed E-state index contributed by atoms with van der Waals surface area (Å²) in [6.07, 6.45) is 6.83. The number of pyridine rings is 1. The van der Waals surface area contributed by atoms with E-state index in [1.807, 2.05) is 31.4 Å². The van der Waals surface area contributed by atoms with Crippen molar-refractivity contribution in [3.05, 3.63) is 74.7 Å². The maximum Gasteiger partial charge on any atom is 2.00 e. The number of furan rings is 1. The van der Waals surface area contributed by atoms with Gasteiger partial charge >= 0.3 is 31.1 Å². The van der Waals surface area contributed by atoms with Crippen LogP contribution in [0, 0.1) is 45.0 Å². The zero-order chi connectivity index (χ0) is 19.7. The molecule has 9 heteroatoms. The van der Waals surface area contributed by atoms with Crippen molar-refractivity contribution < 1.29 is 40.3 Å². The van der Waals surface area contributed by atoms with Crippen LogP contribution >= 0.6 is 0 Å². The second-order valence-electron chi connectivity index (χ2n) is 6.26. The Balaban J connectivity index is 0.00000240. The van der Waals surface area contributed by atoms with Gasteiger partial charge in [-0.15, -0.1) is 0 Å². The van der Waals surface area contributed by atoms with Crippen LogP contribution in [0.4, 0.5) is 5.69 Å². The molecule has 0 unspecified atom stereocenters. The molecule has 4 aromatic rings. The van der Waals surface area contributed by atoms with Gasteiger partial charge in [-0.2, -0.15) is 10.2 Å². The summed E-state index contributed by atoms with van der Waals surface area (Å²) in [4.78, 5) is 17.0. The number of aryl methyl sites for hydroxylation is 1. The van der Waals surface area contributed by atoms with Crippen molar-refractivity contribution in [2.45, 2.75) is 6.04 Å². The first kappa shape index (κ1) is 21.1. The van der Waals surface area contributed by atoms with Crippen LogP contribution in [0.5, 0.6) is 0 Å². The van der Waals surface area contributed by atoms with Gasteiger partial charge in [0.2, 0.25) is 0 Å². The van der Waals surface area contributed by atoms with Gasteiger partial charge in [0.25, 0.3) is 5.91 Å². The molecule has 0 aliphatic heterocycles. The first-order valence-electron chi connectivity index (χ1n) is 8.58. The standard InChI is InChI=1S/C20H18N6O2.U/c1-13(2)26-12-16(19(24-26)15-6-4-5-9-21-15)23-20(27)18-8-7-17(28-18)14-10-22-25(3)11-14;/h4-13H,1-2H2,3H3,(H,23,27);/q-2;+2. The molecule has 4 heterocycles. The molecular weight excluding hydrogens is 594 g/mol. The topological polar surface area (TPSA) is 90.8 Å². The number of carbonyl (C=O) groups excluding carboxylic acids is 1. The zero-order valence-electron chi connectivity index (χ0n) is 15.7. The van der Waals surface area contributed by atoms with Crippen molar-refractivity contribution in [1.29, 1.82) is 0 Å². The second kappa shape index (κ2) is 8.80. The predicted octanol–water partition coefficient (Wildman–Crippen LogP) is 3.40. The van der Waals surface area contributed by atoms with Crippen molar-refractivity contribution >= 4 is 11.6 Å². The Labute approximate surface area is 191 Å². The molecule has 0 atom stereocenters. The van der Waals surface area contributed by atoms with E-state index >= 15 is 0 Å². The molecule has 0 radical (unpaired) electrons. The van der Waals surface area contributed by atoms with E-state index in [1.165, 1.54) is 0 Å². The fourth-order valence-electron chi connectivity index (χ4n) is 2.71. The van der Waals surface area contributed by atoms with Crippen molar-refractivity contribution in [1.82, 2.24) is 24.5 Å². The van der Waals surface area contributed by atoms with Crippen LogP contribution in [0.2, 0.25) is 0 Å². The number of carbonyl (C=O) groups is 1. The third kappa shape index (κ3) is 4.52. The Morgan fingerprint density at radius 3 is 2.69 bits per heavy atom. The van der Waals surface area contributed by atoms with Gasteiger partial charge in [-0.3, -0.25) is 14.5 Å². The van der Waals surface area contributed by atoms with Gasteiger partial charge in [-0.05, 0) is 24.3 Å². The van der Waals surface area contributed by atoms with E-state index in [2.05, 4.69) is 34.3 Å². The van der Waals surface area contributed by atoms with E-state index in [1.54, 1.807) is 40.1 Å². The van der Waals surface area contributed by atoms with Crippen LogP contribution in [0.3, 0.4) is 0 Å². The molecule has 8 nitrogen and oxygen atoms in total. The molecule has 0 aromatic carbocycles. The number of hydrogen-bond donors (Lipinski definition) is 1. The molecule has 1 amide bonds. The molecule has 0 aliphatic rings. The Hall–Kier alpha value is -2.63. The number of nitrogens with zero attached hydrogens (tertiary/aromatic N) is 5. The Bertz CT molecular complexity index is 1110. The van der Waals surface area contributed by atoms with Gasteiger partial charge in [0, 0.05) is 25.6 Å². The molecule has 4 aromatic heterocycles. The molecule has 0 bridgehead atoms. The summed E-state index contributed by atoms with van der Waals surface area (Å²) in [6.45, 7) is 7.73. The number of rotatable bonds is 5. The molecule has 0 saturated carbocycles. The van der Waals surface area contributed by atoms with Gasteiger partial charge < -0.3 is 28.3 Å². The summed E-state index contributed by atoms with van der Waals surface area (Å²) in [5.41, 5.74) is 2.46. The number of anilines is 1. The predicted molar refractivity (Wildman–Crippen MR) is 104 cm³/mol. The third-order valence-electron chi connectivity index (χ3n) is 4.08. The van der Waals surface area contributed by atoms with E-state index < -0.39 is 5.91 Å². The number of amides is 1. The fourth-order valence-corrected chi connectivity index (χ4v) is 2.71. The SMILES string of the molecule is [CH2-]C([CH2-])n1cc(NC(=O)c2ccc(-c3cnn(C)c3)o2)c(-c2ccccn2)n1.[U+2]. The molecular formula is C20H18N6O2U. The quantitative estimate of drug-likeness (QED) is 0.349.